The van der Waals surface area contributed by atoms with E-state index in [9.17, 15) is 18.3 Å². The van der Waals surface area contributed by atoms with Gasteiger partial charge in [0.1, 0.15) is 16.5 Å². The SMILES string of the molecule is O=C(Nc1nc(C[SH](=O)=O)cs1)c1cccc(O)c1. The lowest BCUT2D eigenvalue weighted by Crippen LogP contribution is -2.11. The number of nitrogens with zero attached hydrogens (tertiary/aromatic N) is 1. The fourth-order valence-electron chi connectivity index (χ4n) is 1.39. The first-order valence-electron chi connectivity index (χ1n) is 5.21. The number of nitrogens with one attached hydrogen (secondary N) is 1. The smallest absolute Gasteiger partial charge is 0.257 e. The van der Waals surface area contributed by atoms with Crippen molar-refractivity contribution in [2.75, 3.05) is 5.32 Å². The van der Waals surface area contributed by atoms with E-state index < -0.39 is 16.6 Å². The molecule has 1 aromatic carbocycles. The molecule has 0 radical (unpaired) electrons. The number of thiol groups is 1. The summed E-state index contributed by atoms with van der Waals surface area (Å²) >= 11 is 1.15. The van der Waals surface area contributed by atoms with Crippen LogP contribution in [-0.4, -0.2) is 24.4 Å². The predicted octanol–water partition coefficient (Wildman–Crippen LogP) is 1.21. The van der Waals surface area contributed by atoms with Crippen LogP contribution >= 0.6 is 11.3 Å². The number of aromatic nitrogens is 1. The third kappa shape index (κ3) is 3.76. The van der Waals surface area contributed by atoms with Crippen molar-refractivity contribution in [2.24, 2.45) is 0 Å². The Labute approximate surface area is 114 Å². The molecule has 0 saturated carbocycles. The van der Waals surface area contributed by atoms with Crippen molar-refractivity contribution in [1.29, 1.82) is 0 Å². The number of amides is 1. The quantitative estimate of drug-likeness (QED) is 0.737. The van der Waals surface area contributed by atoms with Crippen LogP contribution in [0.2, 0.25) is 0 Å². The fraction of sp³-hybridized carbons (Fsp3) is 0.0909. The van der Waals surface area contributed by atoms with Gasteiger partial charge in [-0.3, -0.25) is 10.1 Å². The number of phenols is 1. The van der Waals surface area contributed by atoms with E-state index in [1.807, 2.05) is 0 Å². The van der Waals surface area contributed by atoms with Crippen molar-refractivity contribution in [2.45, 2.75) is 5.75 Å². The Morgan fingerprint density at radius 3 is 2.89 bits per heavy atom. The van der Waals surface area contributed by atoms with Crippen LogP contribution in [0.1, 0.15) is 16.1 Å². The number of anilines is 1. The van der Waals surface area contributed by atoms with Crippen molar-refractivity contribution in [1.82, 2.24) is 4.98 Å². The van der Waals surface area contributed by atoms with Crippen LogP contribution in [0.4, 0.5) is 5.13 Å². The average molecular weight is 298 g/mol. The van der Waals surface area contributed by atoms with E-state index in [0.29, 0.717) is 16.4 Å². The number of carbonyl (C=O) groups is 1. The lowest BCUT2D eigenvalue weighted by atomic mass is 10.2. The molecule has 2 N–H and O–H groups in total. The van der Waals surface area contributed by atoms with E-state index in [2.05, 4.69) is 10.3 Å². The maximum absolute atomic E-state index is 11.8. The summed E-state index contributed by atoms with van der Waals surface area (Å²) in [6, 6.07) is 5.90. The summed E-state index contributed by atoms with van der Waals surface area (Å²) in [5.74, 6) is -0.562. The summed E-state index contributed by atoms with van der Waals surface area (Å²) in [5, 5.41) is 13.7. The fourth-order valence-corrected chi connectivity index (χ4v) is 2.64. The van der Waals surface area contributed by atoms with Crippen LogP contribution in [0.3, 0.4) is 0 Å². The van der Waals surface area contributed by atoms with Crippen molar-refractivity contribution in [3.05, 3.63) is 40.9 Å². The topological polar surface area (TPSA) is 96.4 Å². The molecule has 0 atom stereocenters. The lowest BCUT2D eigenvalue weighted by molar-refractivity contribution is 0.102. The molecule has 2 aromatic rings. The number of aromatic hydroxyl groups is 1. The van der Waals surface area contributed by atoms with E-state index >= 15 is 0 Å². The highest BCUT2D eigenvalue weighted by Crippen LogP contribution is 2.18. The summed E-state index contributed by atoms with van der Waals surface area (Å²) in [6.45, 7) is 0. The van der Waals surface area contributed by atoms with Gasteiger partial charge in [-0.1, -0.05) is 6.07 Å². The summed E-state index contributed by atoms with van der Waals surface area (Å²) in [7, 11) is -2.53. The number of phenolic OH excluding ortho intramolecular Hbond substituents is 1. The molecule has 0 aliphatic carbocycles. The molecule has 0 saturated heterocycles. The summed E-state index contributed by atoms with van der Waals surface area (Å²) in [6.07, 6.45) is 0. The highest BCUT2D eigenvalue weighted by atomic mass is 32.2. The van der Waals surface area contributed by atoms with Crippen LogP contribution in [-0.2, 0) is 16.5 Å². The molecule has 100 valence electrons. The third-order valence-corrected chi connectivity index (χ3v) is 3.56. The summed E-state index contributed by atoms with van der Waals surface area (Å²) in [5.41, 5.74) is 0.693. The van der Waals surface area contributed by atoms with Crippen LogP contribution in [0.25, 0.3) is 0 Å². The number of thiazole rings is 1. The second-order valence-corrected chi connectivity index (χ2v) is 5.48. The Balaban J connectivity index is 2.08. The van der Waals surface area contributed by atoms with Gasteiger partial charge in [0.25, 0.3) is 5.91 Å². The minimum Gasteiger partial charge on any atom is -0.508 e. The van der Waals surface area contributed by atoms with Gasteiger partial charge in [-0.2, -0.15) is 0 Å². The van der Waals surface area contributed by atoms with E-state index in [1.54, 1.807) is 17.5 Å². The van der Waals surface area contributed by atoms with Crippen LogP contribution in [0.5, 0.6) is 5.75 Å². The van der Waals surface area contributed by atoms with Crippen LogP contribution in [0, 0.1) is 0 Å². The number of hydrogen-bond donors (Lipinski definition) is 3. The van der Waals surface area contributed by atoms with E-state index in [4.69, 9.17) is 0 Å². The van der Waals surface area contributed by atoms with E-state index in [0.717, 1.165) is 11.3 Å². The highest BCUT2D eigenvalue weighted by molar-refractivity contribution is 7.71. The molecule has 0 aliphatic rings. The van der Waals surface area contributed by atoms with Gasteiger partial charge in [0.2, 0.25) is 0 Å². The van der Waals surface area contributed by atoms with Crippen molar-refractivity contribution in [3.63, 3.8) is 0 Å². The Morgan fingerprint density at radius 1 is 1.42 bits per heavy atom. The lowest BCUT2D eigenvalue weighted by Gasteiger charge is -2.01. The van der Waals surface area contributed by atoms with Gasteiger partial charge in [-0.15, -0.1) is 11.3 Å². The molecule has 2 rings (SSSR count). The van der Waals surface area contributed by atoms with Gasteiger partial charge in [0.15, 0.2) is 5.13 Å². The molecular weight excluding hydrogens is 288 g/mol. The van der Waals surface area contributed by atoms with Gasteiger partial charge >= 0.3 is 0 Å². The molecule has 0 spiro atoms. The maximum atomic E-state index is 11.8. The molecule has 6 nitrogen and oxygen atoms in total. The monoisotopic (exact) mass is 298 g/mol. The zero-order chi connectivity index (χ0) is 13.8. The second-order valence-electron chi connectivity index (χ2n) is 3.64. The number of hydrogen-bond acceptors (Lipinski definition) is 6. The molecule has 8 heteroatoms. The number of carbonyl (C=O) groups excluding carboxylic acids is 1. The van der Waals surface area contributed by atoms with Crippen molar-refractivity contribution in [3.8, 4) is 5.75 Å². The largest absolute Gasteiger partial charge is 0.508 e. The summed E-state index contributed by atoms with van der Waals surface area (Å²) < 4.78 is 21.1. The first kappa shape index (κ1) is 13.5. The van der Waals surface area contributed by atoms with Gasteiger partial charge in [0, 0.05) is 10.9 Å². The third-order valence-electron chi connectivity index (χ3n) is 2.17. The molecular formula is C11H10N2O4S2. The molecule has 0 fully saturated rings. The zero-order valence-corrected chi connectivity index (χ0v) is 11.3. The molecule has 0 bridgehead atoms. The Hall–Kier alpha value is -1.93. The minimum atomic E-state index is -2.53. The molecule has 0 aliphatic heterocycles. The van der Waals surface area contributed by atoms with Gasteiger partial charge in [0.05, 0.1) is 11.4 Å². The summed E-state index contributed by atoms with van der Waals surface area (Å²) in [4.78, 5) is 15.8. The molecule has 1 heterocycles. The Kier molecular flexibility index (Phi) is 4.13. The van der Waals surface area contributed by atoms with Crippen LogP contribution < -0.4 is 5.32 Å². The van der Waals surface area contributed by atoms with Gasteiger partial charge < -0.3 is 5.11 Å². The van der Waals surface area contributed by atoms with Crippen molar-refractivity contribution < 1.29 is 18.3 Å². The standard InChI is InChI=1S/C11H10N2O4S2/c14-9-3-1-2-7(4-9)10(15)13-11-12-8(5-18-11)6-19(16)17/h1-5,14,19H,6H2,(H,12,13,15). The second kappa shape index (κ2) is 5.81. The molecule has 19 heavy (non-hydrogen) atoms. The van der Waals surface area contributed by atoms with E-state index in [1.165, 1.54) is 12.1 Å². The number of benzene rings is 1. The maximum Gasteiger partial charge on any atom is 0.257 e. The first-order chi connectivity index (χ1) is 9.04. The first-order valence-corrected chi connectivity index (χ1v) is 7.45. The zero-order valence-electron chi connectivity index (χ0n) is 9.57. The molecule has 1 amide bonds. The molecule has 1 aromatic heterocycles. The Bertz CT molecular complexity index is 671. The number of rotatable bonds is 4. The highest BCUT2D eigenvalue weighted by Gasteiger charge is 2.09. The van der Waals surface area contributed by atoms with Gasteiger partial charge in [-0.25, -0.2) is 13.4 Å². The average Bonchev–Trinajstić information content (AvgIpc) is 2.75. The minimum absolute atomic E-state index is 0.00386. The Morgan fingerprint density at radius 2 is 2.21 bits per heavy atom. The molecule has 0 unspecified atom stereocenters. The van der Waals surface area contributed by atoms with Crippen molar-refractivity contribution >= 4 is 33.1 Å². The van der Waals surface area contributed by atoms with Gasteiger partial charge in [-0.05, 0) is 18.2 Å². The van der Waals surface area contributed by atoms with E-state index in [-0.39, 0.29) is 11.5 Å². The normalized spacial score (nSPS) is 10.6. The van der Waals surface area contributed by atoms with Crippen LogP contribution in [0.15, 0.2) is 29.6 Å². The predicted molar refractivity (Wildman–Crippen MR) is 72.2 cm³/mol.